The van der Waals surface area contributed by atoms with Crippen LogP contribution in [0.5, 0.6) is 5.88 Å². The molecule has 2 aliphatic rings. The quantitative estimate of drug-likeness (QED) is 0.805. The summed E-state index contributed by atoms with van der Waals surface area (Å²) < 4.78 is 12.9. The Hall–Kier alpha value is -2.45. The molecule has 0 aromatic carbocycles. The fourth-order valence-corrected chi connectivity index (χ4v) is 4.10. The molecule has 2 aliphatic heterocycles. The summed E-state index contributed by atoms with van der Waals surface area (Å²) in [7, 11) is 3.42. The maximum atomic E-state index is 12.3. The zero-order valence-electron chi connectivity index (χ0n) is 15.7. The molecule has 8 nitrogen and oxygen atoms in total. The van der Waals surface area contributed by atoms with Gasteiger partial charge in [-0.15, -0.1) is 0 Å². The first-order valence-corrected chi connectivity index (χ1v) is 9.23. The van der Waals surface area contributed by atoms with Gasteiger partial charge in [-0.3, -0.25) is 14.4 Å². The van der Waals surface area contributed by atoms with E-state index in [1.165, 1.54) is 0 Å². The molecule has 2 fully saturated rings. The first kappa shape index (κ1) is 17.9. The van der Waals surface area contributed by atoms with E-state index >= 15 is 0 Å². The van der Waals surface area contributed by atoms with Crippen LogP contribution in [0.2, 0.25) is 0 Å². The van der Waals surface area contributed by atoms with Crippen LogP contribution < -0.4 is 10.1 Å². The predicted molar refractivity (Wildman–Crippen MR) is 98.3 cm³/mol. The average Bonchev–Trinajstić information content (AvgIpc) is 3.36. The maximum Gasteiger partial charge on any atom is 0.269 e. The van der Waals surface area contributed by atoms with Crippen LogP contribution in [0.1, 0.15) is 16.1 Å². The normalized spacial score (nSPS) is 24.7. The Balaban J connectivity index is 1.33. The van der Waals surface area contributed by atoms with E-state index < -0.39 is 0 Å². The SMILES string of the molecule is COc1ncccc1CN1C[C@@H]2[C@@H](CNC(=O)c3ccnn3C)CO[C@@H]2C1. The van der Waals surface area contributed by atoms with Crippen molar-refractivity contribution in [2.75, 3.05) is 33.4 Å². The molecule has 1 N–H and O–H groups in total. The van der Waals surface area contributed by atoms with Gasteiger partial charge in [-0.1, -0.05) is 6.07 Å². The van der Waals surface area contributed by atoms with E-state index in [9.17, 15) is 4.79 Å². The number of carbonyl (C=O) groups is 1. The van der Waals surface area contributed by atoms with E-state index in [4.69, 9.17) is 9.47 Å². The van der Waals surface area contributed by atoms with Crippen LogP contribution in [0.25, 0.3) is 0 Å². The maximum absolute atomic E-state index is 12.3. The fourth-order valence-electron chi connectivity index (χ4n) is 4.10. The Kier molecular flexibility index (Phi) is 5.09. The Labute approximate surface area is 158 Å². The Bertz CT molecular complexity index is 808. The number of hydrogen-bond acceptors (Lipinski definition) is 6. The zero-order valence-corrected chi connectivity index (χ0v) is 15.7. The number of rotatable bonds is 6. The summed E-state index contributed by atoms with van der Waals surface area (Å²) in [6.45, 7) is 3.96. The molecule has 3 atom stereocenters. The Morgan fingerprint density at radius 1 is 1.37 bits per heavy atom. The summed E-state index contributed by atoms with van der Waals surface area (Å²) >= 11 is 0. The molecule has 2 aromatic rings. The van der Waals surface area contributed by atoms with Gasteiger partial charge in [0.1, 0.15) is 5.69 Å². The number of likely N-dealkylation sites (tertiary alicyclic amines) is 1. The highest BCUT2D eigenvalue weighted by atomic mass is 16.5. The lowest BCUT2D eigenvalue weighted by molar-refractivity contribution is 0.0898. The Morgan fingerprint density at radius 2 is 2.26 bits per heavy atom. The number of amides is 1. The van der Waals surface area contributed by atoms with Crippen molar-refractivity contribution in [2.24, 2.45) is 18.9 Å². The second kappa shape index (κ2) is 7.66. The van der Waals surface area contributed by atoms with Crippen molar-refractivity contribution in [3.05, 3.63) is 41.9 Å². The van der Waals surface area contributed by atoms with Crippen LogP contribution in [-0.2, 0) is 18.3 Å². The summed E-state index contributed by atoms with van der Waals surface area (Å²) in [6.07, 6.45) is 3.60. The monoisotopic (exact) mass is 371 g/mol. The minimum absolute atomic E-state index is 0.0894. The molecule has 2 aromatic heterocycles. The minimum atomic E-state index is -0.0894. The highest BCUT2D eigenvalue weighted by Gasteiger charge is 2.43. The van der Waals surface area contributed by atoms with Gasteiger partial charge in [0.05, 0.1) is 19.8 Å². The third kappa shape index (κ3) is 3.68. The molecule has 4 heterocycles. The van der Waals surface area contributed by atoms with Crippen molar-refractivity contribution in [3.63, 3.8) is 0 Å². The summed E-state index contributed by atoms with van der Waals surface area (Å²) in [5.74, 6) is 1.34. The number of hydrogen-bond donors (Lipinski definition) is 1. The van der Waals surface area contributed by atoms with Crippen LogP contribution in [0.3, 0.4) is 0 Å². The molecule has 0 saturated carbocycles. The second-order valence-electron chi connectivity index (χ2n) is 7.21. The van der Waals surface area contributed by atoms with E-state index in [0.29, 0.717) is 36.6 Å². The molecule has 27 heavy (non-hydrogen) atoms. The first-order chi connectivity index (χ1) is 13.2. The minimum Gasteiger partial charge on any atom is -0.481 e. The summed E-state index contributed by atoms with van der Waals surface area (Å²) in [5, 5.41) is 7.08. The number of methoxy groups -OCH3 is 1. The van der Waals surface area contributed by atoms with Gasteiger partial charge in [0.25, 0.3) is 5.91 Å². The standard InChI is InChI=1S/C19H25N5O3/c1-23-16(5-7-22-23)18(25)21-8-14-12-27-17-11-24(10-15(14)17)9-13-4-3-6-20-19(13)26-2/h3-7,14-15,17H,8-12H2,1-2H3,(H,21,25)/t14-,15+,17+/m0/s1. The third-order valence-electron chi connectivity index (χ3n) is 5.53. The number of pyridine rings is 1. The molecule has 0 bridgehead atoms. The zero-order chi connectivity index (χ0) is 18.8. The van der Waals surface area contributed by atoms with Gasteiger partial charge < -0.3 is 14.8 Å². The van der Waals surface area contributed by atoms with E-state index in [1.807, 2.05) is 12.1 Å². The van der Waals surface area contributed by atoms with Crippen LogP contribution in [0.15, 0.2) is 30.6 Å². The van der Waals surface area contributed by atoms with Gasteiger partial charge in [-0.2, -0.15) is 5.10 Å². The van der Waals surface area contributed by atoms with E-state index in [1.54, 1.807) is 37.3 Å². The highest BCUT2D eigenvalue weighted by Crippen LogP contribution is 2.34. The van der Waals surface area contributed by atoms with E-state index in [-0.39, 0.29) is 12.0 Å². The number of nitrogens with one attached hydrogen (secondary N) is 1. The predicted octanol–water partition coefficient (Wildman–Crippen LogP) is 0.701. The van der Waals surface area contributed by atoms with Crippen LogP contribution in [0.4, 0.5) is 0 Å². The van der Waals surface area contributed by atoms with Gasteiger partial charge in [-0.25, -0.2) is 4.98 Å². The molecule has 1 amide bonds. The first-order valence-electron chi connectivity index (χ1n) is 9.23. The molecule has 0 aliphatic carbocycles. The molecule has 0 radical (unpaired) electrons. The molecule has 0 spiro atoms. The lowest BCUT2D eigenvalue weighted by Crippen LogP contribution is -2.35. The Morgan fingerprint density at radius 3 is 3.04 bits per heavy atom. The van der Waals surface area contributed by atoms with Gasteiger partial charge >= 0.3 is 0 Å². The molecule has 0 unspecified atom stereocenters. The second-order valence-corrected chi connectivity index (χ2v) is 7.21. The number of nitrogens with zero attached hydrogens (tertiary/aromatic N) is 4. The van der Waals surface area contributed by atoms with Crippen molar-refractivity contribution in [1.82, 2.24) is 25.0 Å². The highest BCUT2D eigenvalue weighted by molar-refractivity contribution is 5.92. The van der Waals surface area contributed by atoms with Crippen LogP contribution in [-0.4, -0.2) is 65.0 Å². The van der Waals surface area contributed by atoms with Crippen molar-refractivity contribution >= 4 is 5.91 Å². The third-order valence-corrected chi connectivity index (χ3v) is 5.53. The van der Waals surface area contributed by atoms with Crippen molar-refractivity contribution < 1.29 is 14.3 Å². The van der Waals surface area contributed by atoms with Crippen LogP contribution in [0, 0.1) is 11.8 Å². The summed E-state index contributed by atoms with van der Waals surface area (Å²) in [5.41, 5.74) is 1.66. The smallest absolute Gasteiger partial charge is 0.269 e. The van der Waals surface area contributed by atoms with Gasteiger partial charge in [0, 0.05) is 63.0 Å². The molecule has 4 rings (SSSR count). The molecule has 8 heteroatoms. The number of fused-ring (bicyclic) bond motifs is 1. The molecular weight excluding hydrogens is 346 g/mol. The van der Waals surface area contributed by atoms with E-state index in [0.717, 1.165) is 25.2 Å². The number of carbonyl (C=O) groups excluding carboxylic acids is 1. The largest absolute Gasteiger partial charge is 0.481 e. The molecular formula is C19H25N5O3. The number of aromatic nitrogens is 3. The summed E-state index contributed by atoms with van der Waals surface area (Å²) in [4.78, 5) is 19.0. The lowest BCUT2D eigenvalue weighted by atomic mass is 9.93. The average molecular weight is 371 g/mol. The molecule has 144 valence electrons. The lowest BCUT2D eigenvalue weighted by Gasteiger charge is -2.20. The molecule has 2 saturated heterocycles. The van der Waals surface area contributed by atoms with Crippen molar-refractivity contribution in [3.8, 4) is 5.88 Å². The number of ether oxygens (including phenoxy) is 2. The number of aryl methyl sites for hydroxylation is 1. The van der Waals surface area contributed by atoms with Crippen molar-refractivity contribution in [2.45, 2.75) is 12.6 Å². The van der Waals surface area contributed by atoms with Gasteiger partial charge in [-0.05, 0) is 12.1 Å². The van der Waals surface area contributed by atoms with Crippen LogP contribution >= 0.6 is 0 Å². The van der Waals surface area contributed by atoms with Crippen molar-refractivity contribution in [1.29, 1.82) is 0 Å². The summed E-state index contributed by atoms with van der Waals surface area (Å²) in [6, 6.07) is 5.70. The van der Waals surface area contributed by atoms with Gasteiger partial charge in [0.15, 0.2) is 0 Å². The fraction of sp³-hybridized carbons (Fsp3) is 0.526. The van der Waals surface area contributed by atoms with E-state index in [2.05, 4.69) is 20.3 Å². The topological polar surface area (TPSA) is 81.5 Å². The van der Waals surface area contributed by atoms with Gasteiger partial charge in [0.2, 0.25) is 5.88 Å².